The molecule has 0 spiro atoms. The Bertz CT molecular complexity index is 2970. The van der Waals surface area contributed by atoms with Gasteiger partial charge in [0.15, 0.2) is 23.2 Å². The van der Waals surface area contributed by atoms with Gasteiger partial charge in [0, 0.05) is 43.8 Å². The Morgan fingerprint density at radius 3 is 1.79 bits per heavy atom. The fourth-order valence-electron chi connectivity index (χ4n) is 7.21. The molecule has 0 aliphatic carbocycles. The number of fused-ring (bicyclic) bond motifs is 6. The predicted octanol–water partition coefficient (Wildman–Crippen LogP) is 12.1. The van der Waals surface area contributed by atoms with Gasteiger partial charge < -0.3 is 8.98 Å². The van der Waals surface area contributed by atoms with Crippen molar-refractivity contribution in [3.8, 4) is 51.0 Å². The van der Waals surface area contributed by atoms with Gasteiger partial charge in [-0.2, -0.15) is 0 Å². The summed E-state index contributed by atoms with van der Waals surface area (Å²) >= 11 is 0. The molecule has 10 rings (SSSR count). The lowest BCUT2D eigenvalue weighted by atomic mass is 9.99. The average molecular weight is 666 g/mol. The van der Waals surface area contributed by atoms with Crippen molar-refractivity contribution < 1.29 is 4.42 Å². The molecule has 3 aromatic heterocycles. The van der Waals surface area contributed by atoms with Crippen molar-refractivity contribution in [1.29, 1.82) is 0 Å². The molecule has 0 saturated heterocycles. The molecule has 6 heteroatoms. The Morgan fingerprint density at radius 2 is 1.04 bits per heavy atom. The maximum absolute atomic E-state index is 7.82. The van der Waals surface area contributed by atoms with Gasteiger partial charge >= 0.3 is 0 Å². The highest BCUT2D eigenvalue weighted by Crippen LogP contribution is 2.40. The third-order valence-electron chi connectivity index (χ3n) is 9.67. The first-order valence-corrected chi connectivity index (χ1v) is 17.1. The van der Waals surface area contributed by atoms with Gasteiger partial charge in [-0.3, -0.25) is 0 Å². The molecule has 52 heavy (non-hydrogen) atoms. The highest BCUT2D eigenvalue weighted by atomic mass is 16.3. The lowest BCUT2D eigenvalue weighted by Gasteiger charge is -2.16. The van der Waals surface area contributed by atoms with E-state index in [2.05, 4.69) is 70.1 Å². The van der Waals surface area contributed by atoms with Gasteiger partial charge in [-0.25, -0.2) is 19.8 Å². The van der Waals surface area contributed by atoms with Crippen LogP contribution in [0.3, 0.4) is 0 Å². The van der Waals surface area contributed by atoms with E-state index in [9.17, 15) is 0 Å². The summed E-state index contributed by atoms with van der Waals surface area (Å²) in [4.78, 5) is 19.1. The summed E-state index contributed by atoms with van der Waals surface area (Å²) in [7, 11) is 0. The SMILES string of the molecule is [C-]#[N+]c1ccc2c3ccccc3n(-c3ccc(-c4ccc5oc6ccccc6c5c4)cc3-c3nc(-c4ccccc4)nc(-c4ccccc4)n3)c2c1. The number of benzene rings is 7. The second-order valence-electron chi connectivity index (χ2n) is 12.7. The molecule has 0 bridgehead atoms. The van der Waals surface area contributed by atoms with Crippen molar-refractivity contribution in [3.63, 3.8) is 0 Å². The van der Waals surface area contributed by atoms with Gasteiger partial charge in [0.25, 0.3) is 0 Å². The van der Waals surface area contributed by atoms with Crippen LogP contribution in [0.25, 0.3) is 99.6 Å². The summed E-state index contributed by atoms with van der Waals surface area (Å²) in [6, 6.07) is 55.3. The lowest BCUT2D eigenvalue weighted by Crippen LogP contribution is -2.04. The molecule has 0 aliphatic heterocycles. The zero-order valence-corrected chi connectivity index (χ0v) is 27.7. The fourth-order valence-corrected chi connectivity index (χ4v) is 7.21. The van der Waals surface area contributed by atoms with Gasteiger partial charge in [-0.15, -0.1) is 0 Å². The first-order chi connectivity index (χ1) is 25.7. The van der Waals surface area contributed by atoms with Crippen molar-refractivity contribution in [2.75, 3.05) is 0 Å². The fraction of sp³-hybridized carbons (Fsp3) is 0. The molecule has 0 N–H and O–H groups in total. The predicted molar refractivity (Wildman–Crippen MR) is 209 cm³/mol. The van der Waals surface area contributed by atoms with E-state index in [1.54, 1.807) is 0 Å². The van der Waals surface area contributed by atoms with Crippen molar-refractivity contribution in [2.24, 2.45) is 0 Å². The zero-order valence-electron chi connectivity index (χ0n) is 27.7. The molecular formula is C46H27N5O. The first-order valence-electron chi connectivity index (χ1n) is 17.1. The van der Waals surface area contributed by atoms with Crippen LogP contribution >= 0.6 is 0 Å². The highest BCUT2D eigenvalue weighted by molar-refractivity contribution is 6.11. The van der Waals surface area contributed by atoms with E-state index in [1.165, 1.54) is 0 Å². The van der Waals surface area contributed by atoms with Crippen molar-refractivity contribution in [2.45, 2.75) is 0 Å². The zero-order chi connectivity index (χ0) is 34.6. The van der Waals surface area contributed by atoms with E-state index in [4.69, 9.17) is 25.9 Å². The number of aromatic nitrogens is 4. The summed E-state index contributed by atoms with van der Waals surface area (Å²) in [5.41, 5.74) is 9.85. The van der Waals surface area contributed by atoms with E-state index < -0.39 is 0 Å². The third kappa shape index (κ3) is 4.84. The molecule has 0 aliphatic rings. The maximum Gasteiger partial charge on any atom is 0.189 e. The Balaban J connectivity index is 1.28. The Hall–Kier alpha value is -7.36. The third-order valence-corrected chi connectivity index (χ3v) is 9.67. The van der Waals surface area contributed by atoms with E-state index in [-0.39, 0.29) is 0 Å². The van der Waals surface area contributed by atoms with E-state index in [0.717, 1.165) is 77.2 Å². The smallest absolute Gasteiger partial charge is 0.189 e. The molecular weight excluding hydrogens is 639 g/mol. The molecule has 0 unspecified atom stereocenters. The second-order valence-corrected chi connectivity index (χ2v) is 12.7. The van der Waals surface area contributed by atoms with Crippen LogP contribution in [0.2, 0.25) is 0 Å². The normalized spacial score (nSPS) is 11.4. The number of nitrogens with zero attached hydrogens (tertiary/aromatic N) is 5. The molecule has 7 aromatic carbocycles. The Labute approximate surface area is 298 Å². The molecule has 0 fully saturated rings. The summed E-state index contributed by atoms with van der Waals surface area (Å²) in [5.74, 6) is 1.72. The van der Waals surface area contributed by atoms with E-state index in [0.29, 0.717) is 23.2 Å². The molecule has 3 heterocycles. The largest absolute Gasteiger partial charge is 0.456 e. The molecule has 242 valence electrons. The lowest BCUT2D eigenvalue weighted by molar-refractivity contribution is 0.669. The molecule has 0 atom stereocenters. The number of furan rings is 1. The van der Waals surface area contributed by atoms with Crippen molar-refractivity contribution in [1.82, 2.24) is 19.5 Å². The van der Waals surface area contributed by atoms with Gasteiger partial charge in [0.1, 0.15) is 11.2 Å². The quantitative estimate of drug-likeness (QED) is 0.172. The summed E-state index contributed by atoms with van der Waals surface area (Å²) in [5, 5.41) is 4.31. The molecule has 6 nitrogen and oxygen atoms in total. The summed E-state index contributed by atoms with van der Waals surface area (Å²) in [6.45, 7) is 7.82. The van der Waals surface area contributed by atoms with Crippen LogP contribution in [0.1, 0.15) is 0 Å². The molecule has 10 aromatic rings. The molecule has 0 saturated carbocycles. The molecule has 0 amide bonds. The average Bonchev–Trinajstić information content (AvgIpc) is 3.76. The van der Waals surface area contributed by atoms with E-state index in [1.807, 2.05) is 103 Å². The maximum atomic E-state index is 7.82. The first kappa shape index (κ1) is 29.5. The minimum absolute atomic E-state index is 0.548. The number of rotatable bonds is 5. The van der Waals surface area contributed by atoms with Crippen LogP contribution in [0.5, 0.6) is 0 Å². The monoisotopic (exact) mass is 665 g/mol. The van der Waals surface area contributed by atoms with Crippen LogP contribution in [0.4, 0.5) is 5.69 Å². The van der Waals surface area contributed by atoms with Crippen molar-refractivity contribution in [3.05, 3.63) is 175 Å². The number of hydrogen-bond acceptors (Lipinski definition) is 4. The Kier molecular flexibility index (Phi) is 6.76. The topological polar surface area (TPSA) is 61.1 Å². The summed E-state index contributed by atoms with van der Waals surface area (Å²) < 4.78 is 8.40. The standard InChI is InChI=1S/C46H27N5O/c1-47-33-22-23-35-34-16-8-10-18-39(34)51(41(35)28-33)40-24-20-31(32-21-25-43-37(26-32)36-17-9-11-19-42(36)52-43)27-38(40)46-49-44(29-12-4-2-5-13-29)48-45(50-46)30-14-6-3-7-15-30/h2-28H. The van der Waals surface area contributed by atoms with Gasteiger partial charge in [0.05, 0.1) is 17.8 Å². The minimum Gasteiger partial charge on any atom is -0.456 e. The van der Waals surface area contributed by atoms with Gasteiger partial charge in [0.2, 0.25) is 0 Å². The van der Waals surface area contributed by atoms with Crippen LogP contribution < -0.4 is 0 Å². The van der Waals surface area contributed by atoms with Gasteiger partial charge in [-0.1, -0.05) is 121 Å². The summed E-state index contributed by atoms with van der Waals surface area (Å²) in [6.07, 6.45) is 0. The van der Waals surface area contributed by atoms with Gasteiger partial charge in [-0.05, 0) is 53.6 Å². The minimum atomic E-state index is 0.548. The van der Waals surface area contributed by atoms with Crippen molar-refractivity contribution >= 4 is 49.4 Å². The second kappa shape index (κ2) is 11.9. The highest BCUT2D eigenvalue weighted by Gasteiger charge is 2.21. The van der Waals surface area contributed by atoms with Crippen LogP contribution in [-0.2, 0) is 0 Å². The van der Waals surface area contributed by atoms with E-state index >= 15 is 0 Å². The number of para-hydroxylation sites is 2. The number of hydrogen-bond donors (Lipinski definition) is 0. The van der Waals surface area contributed by atoms with Crippen LogP contribution in [0, 0.1) is 6.57 Å². The van der Waals surface area contributed by atoms with Crippen LogP contribution in [-0.4, -0.2) is 19.5 Å². The molecule has 0 radical (unpaired) electrons. The Morgan fingerprint density at radius 1 is 0.442 bits per heavy atom. The van der Waals surface area contributed by atoms with Crippen LogP contribution in [0.15, 0.2) is 168 Å².